The van der Waals surface area contributed by atoms with Gasteiger partial charge in [-0.3, -0.25) is 4.79 Å². The van der Waals surface area contributed by atoms with Gasteiger partial charge in [0, 0.05) is 18.7 Å². The third kappa shape index (κ3) is 5.52. The van der Waals surface area contributed by atoms with Gasteiger partial charge in [0.25, 0.3) is 0 Å². The Hall–Kier alpha value is -3.38. The number of benzene rings is 3. The third-order valence-electron chi connectivity index (χ3n) is 5.53. The Morgan fingerprint density at radius 3 is 2.58 bits per heavy atom. The fraction of sp³-hybridized carbons (Fsp3) is 0.222. The average Bonchev–Trinajstić information content (AvgIpc) is 3.20. The summed E-state index contributed by atoms with van der Waals surface area (Å²) in [6, 6.07) is 22.6. The number of carbonyl (C=O) groups excluding carboxylic acids is 1. The molecule has 0 radical (unpaired) electrons. The maximum atomic E-state index is 12.5. The molecule has 0 fully saturated rings. The highest BCUT2D eigenvalue weighted by molar-refractivity contribution is 7.99. The lowest BCUT2D eigenvalue weighted by Gasteiger charge is -2.10. The van der Waals surface area contributed by atoms with Crippen molar-refractivity contribution in [2.75, 3.05) is 11.1 Å². The summed E-state index contributed by atoms with van der Waals surface area (Å²) < 4.78 is 2.03. The maximum absolute atomic E-state index is 12.5. The Morgan fingerprint density at radius 1 is 1.06 bits per heavy atom. The van der Waals surface area contributed by atoms with Crippen LogP contribution in [0.4, 0.5) is 5.69 Å². The minimum Gasteiger partial charge on any atom is -0.325 e. The van der Waals surface area contributed by atoms with Gasteiger partial charge in [-0.15, -0.1) is 16.8 Å². The van der Waals surface area contributed by atoms with E-state index in [0.29, 0.717) is 18.9 Å². The van der Waals surface area contributed by atoms with Crippen molar-refractivity contribution < 1.29 is 4.79 Å². The topological polar surface area (TPSA) is 59.8 Å². The van der Waals surface area contributed by atoms with Crippen LogP contribution in [0.5, 0.6) is 0 Å². The predicted octanol–water partition coefficient (Wildman–Crippen LogP) is 6.06. The summed E-state index contributed by atoms with van der Waals surface area (Å²) in [5.41, 5.74) is 3.25. The number of thioether (sulfide) groups is 1. The molecule has 5 nitrogen and oxygen atoms in total. The number of aromatic nitrogens is 3. The first kappa shape index (κ1) is 22.8. The van der Waals surface area contributed by atoms with Crippen LogP contribution in [0.1, 0.15) is 36.7 Å². The number of fused-ring (bicyclic) bond motifs is 1. The molecule has 0 saturated heterocycles. The quantitative estimate of drug-likeness (QED) is 0.246. The van der Waals surface area contributed by atoms with E-state index in [2.05, 4.69) is 72.3 Å². The lowest BCUT2D eigenvalue weighted by atomic mass is 10.0. The number of rotatable bonds is 9. The van der Waals surface area contributed by atoms with E-state index in [1.807, 2.05) is 41.0 Å². The zero-order valence-electron chi connectivity index (χ0n) is 19.0. The van der Waals surface area contributed by atoms with Gasteiger partial charge in [-0.2, -0.15) is 0 Å². The smallest absolute Gasteiger partial charge is 0.234 e. The molecule has 0 spiro atoms. The number of allylic oxidation sites excluding steroid dienone is 1. The number of hydrogen-bond acceptors (Lipinski definition) is 4. The van der Waals surface area contributed by atoms with Crippen LogP contribution < -0.4 is 5.32 Å². The molecule has 0 unspecified atom stereocenters. The van der Waals surface area contributed by atoms with Crippen molar-refractivity contribution in [3.05, 3.63) is 96.3 Å². The van der Waals surface area contributed by atoms with Crippen LogP contribution in [-0.4, -0.2) is 26.4 Å². The SMILES string of the molecule is C=CCn1c(Cc2cccc3ccccc23)nnc1SCC(=O)Nc1ccc(C(C)C)cc1. The lowest BCUT2D eigenvalue weighted by molar-refractivity contribution is -0.113. The minimum absolute atomic E-state index is 0.0685. The van der Waals surface area contributed by atoms with Crippen LogP contribution in [0.25, 0.3) is 10.8 Å². The van der Waals surface area contributed by atoms with Crippen molar-refractivity contribution in [3.8, 4) is 0 Å². The van der Waals surface area contributed by atoms with Gasteiger partial charge >= 0.3 is 0 Å². The summed E-state index contributed by atoms with van der Waals surface area (Å²) in [7, 11) is 0. The Bertz CT molecular complexity index is 1260. The Morgan fingerprint density at radius 2 is 1.82 bits per heavy atom. The molecule has 4 aromatic rings. The molecule has 4 rings (SSSR count). The number of nitrogens with one attached hydrogen (secondary N) is 1. The molecule has 1 heterocycles. The minimum atomic E-state index is -0.0685. The van der Waals surface area contributed by atoms with Gasteiger partial charge < -0.3 is 9.88 Å². The lowest BCUT2D eigenvalue weighted by Crippen LogP contribution is -2.15. The highest BCUT2D eigenvalue weighted by Gasteiger charge is 2.15. The number of anilines is 1. The predicted molar refractivity (Wildman–Crippen MR) is 137 cm³/mol. The van der Waals surface area contributed by atoms with Crippen molar-refractivity contribution in [2.45, 2.75) is 37.9 Å². The second-order valence-electron chi connectivity index (χ2n) is 8.23. The van der Waals surface area contributed by atoms with Gasteiger partial charge in [0.05, 0.1) is 5.75 Å². The molecule has 1 amide bonds. The Balaban J connectivity index is 1.45. The van der Waals surface area contributed by atoms with E-state index in [9.17, 15) is 4.79 Å². The average molecular weight is 457 g/mol. The summed E-state index contributed by atoms with van der Waals surface area (Å²) >= 11 is 1.39. The number of carbonyl (C=O) groups is 1. The van der Waals surface area contributed by atoms with Crippen LogP contribution in [-0.2, 0) is 17.8 Å². The molecule has 0 saturated carbocycles. The normalized spacial score (nSPS) is 11.1. The fourth-order valence-corrected chi connectivity index (χ4v) is 4.53. The molecule has 6 heteroatoms. The van der Waals surface area contributed by atoms with Gasteiger partial charge in [0.15, 0.2) is 5.16 Å². The van der Waals surface area contributed by atoms with E-state index in [1.54, 1.807) is 0 Å². The molecule has 3 aromatic carbocycles. The number of hydrogen-bond donors (Lipinski definition) is 1. The third-order valence-corrected chi connectivity index (χ3v) is 6.49. The van der Waals surface area contributed by atoms with Crippen LogP contribution >= 0.6 is 11.8 Å². The largest absolute Gasteiger partial charge is 0.325 e. The monoisotopic (exact) mass is 456 g/mol. The first-order chi connectivity index (χ1) is 16.0. The maximum Gasteiger partial charge on any atom is 0.234 e. The first-order valence-corrected chi connectivity index (χ1v) is 12.1. The first-order valence-electron chi connectivity index (χ1n) is 11.1. The summed E-state index contributed by atoms with van der Waals surface area (Å²) in [5, 5.41) is 14.9. The number of nitrogens with zero attached hydrogens (tertiary/aromatic N) is 3. The van der Waals surface area contributed by atoms with Crippen molar-refractivity contribution in [1.29, 1.82) is 0 Å². The second kappa shape index (κ2) is 10.5. The van der Waals surface area contributed by atoms with E-state index in [4.69, 9.17) is 0 Å². The van der Waals surface area contributed by atoms with Crippen LogP contribution in [0.3, 0.4) is 0 Å². The molecule has 168 valence electrons. The highest BCUT2D eigenvalue weighted by Crippen LogP contribution is 2.24. The van der Waals surface area contributed by atoms with Gasteiger partial charge in [-0.05, 0) is 39.9 Å². The molecule has 1 N–H and O–H groups in total. The van der Waals surface area contributed by atoms with Crippen molar-refractivity contribution in [1.82, 2.24) is 14.8 Å². The molecule has 0 aliphatic rings. The molecule has 0 bridgehead atoms. The van der Waals surface area contributed by atoms with Crippen molar-refractivity contribution in [2.24, 2.45) is 0 Å². The van der Waals surface area contributed by atoms with Crippen LogP contribution in [0.2, 0.25) is 0 Å². The van der Waals surface area contributed by atoms with Crippen LogP contribution in [0.15, 0.2) is 84.5 Å². The van der Waals surface area contributed by atoms with E-state index in [0.717, 1.165) is 16.7 Å². The van der Waals surface area contributed by atoms with Crippen molar-refractivity contribution in [3.63, 3.8) is 0 Å². The van der Waals surface area contributed by atoms with Gasteiger partial charge in [-0.25, -0.2) is 0 Å². The Labute approximate surface area is 198 Å². The molecular weight excluding hydrogens is 428 g/mol. The standard InChI is InChI=1S/C27H28N4OS/c1-4-16-31-25(17-22-10-7-9-21-8-5-6-11-24(21)22)29-30-27(31)33-18-26(32)28-23-14-12-20(13-15-23)19(2)3/h4-15,19H,1,16-18H2,2-3H3,(H,28,32). The number of amides is 1. The molecular formula is C27H28N4OS. The fourth-order valence-electron chi connectivity index (χ4n) is 3.76. The summed E-state index contributed by atoms with van der Waals surface area (Å²) in [6.45, 7) is 8.77. The summed E-state index contributed by atoms with van der Waals surface area (Å²) in [5.74, 6) is 1.51. The van der Waals surface area contributed by atoms with E-state index in [1.165, 1.54) is 33.7 Å². The highest BCUT2D eigenvalue weighted by atomic mass is 32.2. The van der Waals surface area contributed by atoms with E-state index >= 15 is 0 Å². The zero-order chi connectivity index (χ0) is 23.2. The van der Waals surface area contributed by atoms with Gasteiger partial charge in [0.2, 0.25) is 5.91 Å². The van der Waals surface area contributed by atoms with E-state index in [-0.39, 0.29) is 11.7 Å². The molecule has 33 heavy (non-hydrogen) atoms. The van der Waals surface area contributed by atoms with Gasteiger partial charge in [-0.1, -0.05) is 86.3 Å². The zero-order valence-corrected chi connectivity index (χ0v) is 19.8. The van der Waals surface area contributed by atoms with Crippen LogP contribution in [0, 0.1) is 0 Å². The second-order valence-corrected chi connectivity index (χ2v) is 9.17. The Kier molecular flexibility index (Phi) is 7.25. The van der Waals surface area contributed by atoms with Crippen molar-refractivity contribution >= 4 is 34.1 Å². The molecule has 0 aliphatic carbocycles. The van der Waals surface area contributed by atoms with E-state index < -0.39 is 0 Å². The summed E-state index contributed by atoms with van der Waals surface area (Å²) in [6.07, 6.45) is 2.49. The molecule has 0 aliphatic heterocycles. The molecule has 0 atom stereocenters. The van der Waals surface area contributed by atoms with Gasteiger partial charge in [0.1, 0.15) is 5.82 Å². The molecule has 1 aromatic heterocycles. The summed E-state index contributed by atoms with van der Waals surface area (Å²) in [4.78, 5) is 12.5.